The number of carboxylic acids is 1. The highest BCUT2D eigenvalue weighted by atomic mass is 32.1. The van der Waals surface area contributed by atoms with Gasteiger partial charge in [0.15, 0.2) is 11.5 Å². The number of thiophene rings is 7. The Morgan fingerprint density at radius 1 is 0.462 bits per heavy atom. The monoisotopic (exact) mass is 1180 g/mol. The maximum Gasteiger partial charge on any atom is 0.333 e. The maximum absolute atomic E-state index is 11.9. The number of aryl methyl sites for hydroxylation is 4. The van der Waals surface area contributed by atoms with Crippen molar-refractivity contribution in [2.75, 3.05) is 13.2 Å². The Kier molecular flexibility index (Phi) is 24.7. The molecule has 78 heavy (non-hydrogen) atoms. The summed E-state index contributed by atoms with van der Waals surface area (Å²) in [5, 5.41) is 12.0. The molecule has 0 saturated heterocycles. The second-order valence-corrected chi connectivity index (χ2v) is 28.5. The molecule has 0 atom stereocenters. The van der Waals surface area contributed by atoms with Crippen LogP contribution in [-0.2, 0) is 30.5 Å². The van der Waals surface area contributed by atoms with Crippen molar-refractivity contribution in [3.05, 3.63) is 98.2 Å². The summed E-state index contributed by atoms with van der Waals surface area (Å²) in [4.78, 5) is 31.6. The first-order valence-corrected chi connectivity index (χ1v) is 35.5. The molecule has 7 aromatic heterocycles. The van der Waals surface area contributed by atoms with Gasteiger partial charge in [0.25, 0.3) is 5.70 Å². The summed E-state index contributed by atoms with van der Waals surface area (Å²) in [6.07, 6.45) is 36.2. The lowest BCUT2D eigenvalue weighted by molar-refractivity contribution is -0.132. The summed E-state index contributed by atoms with van der Waals surface area (Å²) in [6, 6.07) is 18.8. The van der Waals surface area contributed by atoms with Gasteiger partial charge in [-0.15, -0.1) is 79.4 Å². The van der Waals surface area contributed by atoms with Gasteiger partial charge in [-0.25, -0.2) is 4.85 Å². The Labute approximate surface area is 495 Å². The van der Waals surface area contributed by atoms with E-state index in [1.165, 1.54) is 222 Å². The predicted octanol–water partition coefficient (Wildman–Crippen LogP) is 23.8. The molecule has 0 amide bonds. The summed E-state index contributed by atoms with van der Waals surface area (Å²) < 4.78 is 13.3. The van der Waals surface area contributed by atoms with Crippen LogP contribution in [0, 0.1) is 6.57 Å². The first kappa shape index (κ1) is 60.3. The molecule has 7 aromatic rings. The van der Waals surface area contributed by atoms with Gasteiger partial charge < -0.3 is 14.6 Å². The number of rotatable bonds is 36. The lowest BCUT2D eigenvalue weighted by Gasteiger charge is -2.16. The Bertz CT molecular complexity index is 3010. The molecule has 1 aliphatic rings. The average molecular weight is 1180 g/mol. The fourth-order valence-corrected chi connectivity index (χ4v) is 19.2. The molecule has 0 bridgehead atoms. The molecule has 8 heterocycles. The van der Waals surface area contributed by atoms with Crippen LogP contribution in [-0.4, -0.2) is 24.3 Å². The van der Waals surface area contributed by atoms with Gasteiger partial charge >= 0.3 is 5.97 Å². The molecule has 8 rings (SSSR count). The third-order valence-corrected chi connectivity index (χ3v) is 23.8. The smallest absolute Gasteiger partial charge is 0.333 e. The third-order valence-electron chi connectivity index (χ3n) is 15.0. The molecule has 418 valence electrons. The standard InChI is InChI=1S/C66H83NO4S7/c1-6-10-14-18-22-26-30-46-38-41-72-60(46)52-34-35-54(74-52)62-48(32-28-24-20-16-12-8-3)43-56(76-62)64-58-59(71-40-39-70-58)65(78-64)57-44-49(33-29-25-21-17-13-9-4)63(77-57)55-37-36-53(75-55)61-47(31-27-23-19-15-11-7-2)42-50(73-61)45-51(67-5)66(68)69/h34-38,41-45H,6-33,39-40H2,1-4H3,(H,68,69)/b51-45-. The number of carboxylic acid groups (broad SMARTS) is 1. The molecule has 0 aliphatic carbocycles. The molecule has 1 aliphatic heterocycles. The molecule has 0 unspecified atom stereocenters. The van der Waals surface area contributed by atoms with Gasteiger partial charge in [-0.2, -0.15) is 0 Å². The summed E-state index contributed by atoms with van der Waals surface area (Å²) in [6.45, 7) is 17.8. The average Bonchev–Trinajstić information content (AvgIpc) is 4.47. The number of nitrogens with zero attached hydrogens (tertiary/aromatic N) is 1. The zero-order valence-electron chi connectivity index (χ0n) is 47.0. The molecule has 12 heteroatoms. The van der Waals surface area contributed by atoms with Crippen LogP contribution in [0.4, 0.5) is 0 Å². The first-order valence-electron chi connectivity index (χ1n) is 29.7. The van der Waals surface area contributed by atoms with Crippen LogP contribution in [0.15, 0.2) is 59.6 Å². The van der Waals surface area contributed by atoms with E-state index in [-0.39, 0.29) is 5.70 Å². The summed E-state index contributed by atoms with van der Waals surface area (Å²) in [5.41, 5.74) is 5.38. The van der Waals surface area contributed by atoms with Crippen LogP contribution < -0.4 is 9.47 Å². The highest BCUT2D eigenvalue weighted by molar-refractivity contribution is 7.31. The first-order chi connectivity index (χ1) is 38.3. The number of ether oxygens (including phenoxy) is 2. The van der Waals surface area contributed by atoms with Crippen molar-refractivity contribution < 1.29 is 19.4 Å². The number of hydrogen-bond donors (Lipinski definition) is 1. The van der Waals surface area contributed by atoms with Gasteiger partial charge in [0.05, 0.1) is 16.3 Å². The van der Waals surface area contributed by atoms with Crippen LogP contribution in [0.3, 0.4) is 0 Å². The van der Waals surface area contributed by atoms with Crippen molar-refractivity contribution in [1.29, 1.82) is 0 Å². The number of unbranched alkanes of at least 4 members (excludes halogenated alkanes) is 20. The second kappa shape index (κ2) is 32.0. The van der Waals surface area contributed by atoms with Gasteiger partial charge in [-0.1, -0.05) is 156 Å². The third kappa shape index (κ3) is 16.4. The van der Waals surface area contributed by atoms with Gasteiger partial charge in [-0.05, 0) is 134 Å². The fraction of sp³-hybridized carbons (Fsp3) is 0.515. The van der Waals surface area contributed by atoms with Crippen molar-refractivity contribution in [3.63, 3.8) is 0 Å². The molecular formula is C66H83NO4S7. The highest BCUT2D eigenvalue weighted by Gasteiger charge is 2.30. The van der Waals surface area contributed by atoms with Gasteiger partial charge in [0.1, 0.15) is 13.2 Å². The number of hydrogen-bond acceptors (Lipinski definition) is 10. The van der Waals surface area contributed by atoms with Gasteiger partial charge in [0, 0.05) is 53.6 Å². The molecular weight excluding hydrogens is 1100 g/mol. The van der Waals surface area contributed by atoms with Gasteiger partial charge in [0.2, 0.25) is 0 Å². The summed E-state index contributed by atoms with van der Waals surface area (Å²) in [7, 11) is 0. The Hall–Kier alpha value is -3.80. The number of fused-ring (bicyclic) bond motifs is 1. The van der Waals surface area contributed by atoms with Crippen LogP contribution in [0.2, 0.25) is 0 Å². The molecule has 0 spiro atoms. The zero-order chi connectivity index (χ0) is 54.5. The van der Waals surface area contributed by atoms with Gasteiger partial charge in [-0.3, -0.25) is 4.79 Å². The highest BCUT2D eigenvalue weighted by Crippen LogP contribution is 2.58. The number of aliphatic carboxylic acids is 1. The maximum atomic E-state index is 11.9. The van der Waals surface area contributed by atoms with Crippen molar-refractivity contribution in [2.24, 2.45) is 0 Å². The lowest BCUT2D eigenvalue weighted by Crippen LogP contribution is -2.14. The number of carbonyl (C=O) groups is 1. The van der Waals surface area contributed by atoms with E-state index in [2.05, 4.69) is 86.5 Å². The quantitative estimate of drug-likeness (QED) is 0.0242. The molecule has 5 nitrogen and oxygen atoms in total. The second-order valence-electron chi connectivity index (χ2n) is 21.2. The summed E-state index contributed by atoms with van der Waals surface area (Å²) in [5.74, 6) is 0.619. The van der Waals surface area contributed by atoms with E-state index in [1.54, 1.807) is 17.4 Å². The normalized spacial score (nSPS) is 12.5. The molecule has 1 N–H and O–H groups in total. The fourth-order valence-electron chi connectivity index (χ4n) is 10.6. The lowest BCUT2D eigenvalue weighted by atomic mass is 10.0. The van der Waals surface area contributed by atoms with Crippen molar-refractivity contribution in [2.45, 2.75) is 207 Å². The van der Waals surface area contributed by atoms with E-state index in [0.717, 1.165) is 54.9 Å². The molecule has 0 aromatic carbocycles. The predicted molar refractivity (Wildman–Crippen MR) is 346 cm³/mol. The molecule has 0 fully saturated rings. The van der Waals surface area contributed by atoms with E-state index in [9.17, 15) is 9.90 Å². The van der Waals surface area contributed by atoms with Crippen molar-refractivity contribution in [3.8, 4) is 70.0 Å². The van der Waals surface area contributed by atoms with Crippen LogP contribution in [0.25, 0.3) is 69.4 Å². The minimum absolute atomic E-state index is 0.245. The Morgan fingerprint density at radius 2 is 0.846 bits per heavy atom. The molecule has 0 saturated carbocycles. The topological polar surface area (TPSA) is 60.1 Å². The van der Waals surface area contributed by atoms with Crippen LogP contribution >= 0.6 is 79.4 Å². The Balaban J connectivity index is 1.12. The van der Waals surface area contributed by atoms with Crippen LogP contribution in [0.1, 0.15) is 209 Å². The van der Waals surface area contributed by atoms with E-state index in [4.69, 9.17) is 16.0 Å². The van der Waals surface area contributed by atoms with Crippen molar-refractivity contribution >= 4 is 91.4 Å². The SMILES string of the molecule is [C-]#[N+]/C(=C\c1cc(CCCCCCCC)c(-c2ccc(-c3sc(-c4sc(-c5cc(CCCCCCCC)c(-c6ccc(-c7sccc7CCCCCCCC)s6)s5)c5c4OCCO5)cc3CCCCCCCC)s2)s1)C(=O)O. The van der Waals surface area contributed by atoms with E-state index in [1.807, 2.05) is 68.0 Å². The van der Waals surface area contributed by atoms with Crippen molar-refractivity contribution in [1.82, 2.24) is 0 Å². The van der Waals surface area contributed by atoms with E-state index in [0.29, 0.717) is 13.2 Å². The Morgan fingerprint density at radius 3 is 1.27 bits per heavy atom. The molecule has 0 radical (unpaired) electrons. The largest absolute Gasteiger partial charge is 0.486 e. The van der Waals surface area contributed by atoms with E-state index < -0.39 is 5.97 Å². The zero-order valence-corrected chi connectivity index (χ0v) is 52.7. The minimum atomic E-state index is -1.18. The van der Waals surface area contributed by atoms with E-state index >= 15 is 0 Å². The minimum Gasteiger partial charge on any atom is -0.486 e. The van der Waals surface area contributed by atoms with Crippen LogP contribution in [0.5, 0.6) is 11.5 Å². The summed E-state index contributed by atoms with van der Waals surface area (Å²) >= 11 is 13.0.